The predicted octanol–water partition coefficient (Wildman–Crippen LogP) is 9.54. The van der Waals surface area contributed by atoms with Crippen molar-refractivity contribution >= 4 is 53.9 Å². The van der Waals surface area contributed by atoms with Crippen molar-refractivity contribution in [3.05, 3.63) is 126 Å². The highest BCUT2D eigenvalue weighted by Gasteiger charge is 2.74. The molecule has 0 amide bonds. The van der Waals surface area contributed by atoms with Crippen molar-refractivity contribution in [3.8, 4) is 0 Å². The van der Waals surface area contributed by atoms with E-state index in [1.165, 1.54) is 0 Å². The van der Waals surface area contributed by atoms with Crippen LogP contribution in [0.25, 0.3) is 0 Å². The smallest absolute Gasteiger partial charge is 0.219 e. The van der Waals surface area contributed by atoms with E-state index in [1.807, 2.05) is 13.8 Å². The van der Waals surface area contributed by atoms with Gasteiger partial charge in [0.25, 0.3) is 0 Å². The summed E-state index contributed by atoms with van der Waals surface area (Å²) in [4.78, 5) is 0.396. The molecule has 1 heterocycles. The minimum atomic E-state index is -4.68. The fraction of sp³-hybridized carbons (Fsp3) is 0.257. The summed E-state index contributed by atoms with van der Waals surface area (Å²) in [5.41, 5.74) is -4.30. The Bertz CT molecular complexity index is 1930. The zero-order chi connectivity index (χ0) is 37.0. The van der Waals surface area contributed by atoms with E-state index in [-0.39, 0.29) is 5.21 Å². The van der Waals surface area contributed by atoms with Crippen molar-refractivity contribution in [2.75, 3.05) is 0 Å². The van der Waals surface area contributed by atoms with Crippen molar-refractivity contribution in [3.63, 3.8) is 0 Å². The lowest BCUT2D eigenvalue weighted by Crippen LogP contribution is -2.61. The van der Waals surface area contributed by atoms with Crippen molar-refractivity contribution in [1.82, 2.24) is 0 Å². The van der Waals surface area contributed by atoms with Gasteiger partial charge in [-0.25, -0.2) is 43.9 Å². The van der Waals surface area contributed by atoms with Crippen molar-refractivity contribution < 1.29 is 43.9 Å². The van der Waals surface area contributed by atoms with Crippen LogP contribution in [-0.4, -0.2) is 13.6 Å². The lowest BCUT2D eigenvalue weighted by Gasteiger charge is -2.36. The highest BCUT2D eigenvalue weighted by molar-refractivity contribution is 8.09. The molecule has 0 saturated heterocycles. The van der Waals surface area contributed by atoms with Gasteiger partial charge in [0.2, 0.25) is 5.56 Å². The van der Waals surface area contributed by atoms with Gasteiger partial charge >= 0.3 is 0 Å². The molecule has 1 aliphatic rings. The van der Waals surface area contributed by atoms with Gasteiger partial charge in [-0.15, -0.1) is 10.9 Å². The molecule has 260 valence electrons. The molecule has 0 aromatic heterocycles. The lowest BCUT2D eigenvalue weighted by atomic mass is 9.38. The molecule has 1 aliphatic heterocycles. The van der Waals surface area contributed by atoms with Crippen molar-refractivity contribution in [2.45, 2.75) is 61.2 Å². The molecule has 49 heavy (non-hydrogen) atoms. The fourth-order valence-electron chi connectivity index (χ4n) is 7.94. The van der Waals surface area contributed by atoms with Gasteiger partial charge in [0, 0.05) is 0 Å². The second-order valence-corrected chi connectivity index (χ2v) is 23.1. The Morgan fingerprint density at radius 1 is 0.469 bits per heavy atom. The molecular formula is C35H31BClF10PSi. The number of aryl methyl sites for hydroxylation is 6. The molecule has 0 atom stereocenters. The van der Waals surface area contributed by atoms with E-state index < -0.39 is 90.0 Å². The Hall–Kier alpha value is -3.08. The van der Waals surface area contributed by atoms with Gasteiger partial charge in [0.05, 0.1) is 12.2 Å². The summed E-state index contributed by atoms with van der Waals surface area (Å²) in [6.45, 7) is 16.0. The first kappa shape index (κ1) is 37.2. The van der Waals surface area contributed by atoms with Crippen LogP contribution in [0.5, 0.6) is 0 Å². The zero-order valence-electron chi connectivity index (χ0n) is 28.0. The van der Waals surface area contributed by atoms with Crippen molar-refractivity contribution in [1.29, 1.82) is 0 Å². The van der Waals surface area contributed by atoms with E-state index in [1.54, 1.807) is 71.6 Å². The molecule has 0 nitrogen and oxygen atoms in total. The van der Waals surface area contributed by atoms with Gasteiger partial charge in [-0.1, -0.05) is 55.0 Å². The standard InChI is InChI=1S/C35H31BClF10PSi/c1-14-10-16(3)32(17(4)11-14)48(33-18(5)12-15(2)13-19(33)6)34(35(48)49(7,8)9)36(37,20-22(38)26(42)30(46)27(43)23(20)39)21-24(40)28(44)31(47)29(45)25(21)41/h10-13H,1-9H3. The van der Waals surface area contributed by atoms with E-state index in [9.17, 15) is 8.78 Å². The summed E-state index contributed by atoms with van der Waals surface area (Å²) >= 11 is 7.24. The van der Waals surface area contributed by atoms with E-state index >= 15 is 35.1 Å². The molecule has 0 radical (unpaired) electrons. The van der Waals surface area contributed by atoms with Gasteiger partial charge in [0.1, 0.15) is 42.0 Å². The maximum Gasteiger partial charge on any atom is 0.219 e. The van der Waals surface area contributed by atoms with Crippen LogP contribution >= 0.6 is 18.7 Å². The van der Waals surface area contributed by atoms with Gasteiger partial charge in [-0.05, 0) is 69.0 Å². The number of rotatable bonds is 6. The SMILES string of the molecule is Cc1cc(C)c([P+]2(c3c(C)cc(C)cc3C)C([B-](Cl)(c3c(F)c(F)c(F)c(F)c3F)c3c(F)c(F)c(F)c(F)c3F)=C2[Si](C)(C)C)c(C)c1. The van der Waals surface area contributed by atoms with Crippen LogP contribution in [-0.2, 0) is 0 Å². The third-order valence-corrected chi connectivity index (χ3v) is 19.7. The largest absolute Gasteiger partial charge is 0.366 e. The van der Waals surface area contributed by atoms with Crippen LogP contribution in [0.2, 0.25) is 19.6 Å². The first-order valence-corrected chi connectivity index (χ1v) is 20.9. The normalized spacial score (nSPS) is 14.6. The average Bonchev–Trinajstić information content (AvgIpc) is 3.67. The Labute approximate surface area is 284 Å². The Kier molecular flexibility index (Phi) is 9.12. The van der Waals surface area contributed by atoms with Crippen LogP contribution in [0.1, 0.15) is 33.4 Å². The predicted molar refractivity (Wildman–Crippen MR) is 181 cm³/mol. The second-order valence-electron chi connectivity index (χ2n) is 13.9. The van der Waals surface area contributed by atoms with Crippen LogP contribution in [0, 0.1) is 99.7 Å². The van der Waals surface area contributed by atoms with Crippen LogP contribution in [0.4, 0.5) is 43.9 Å². The minimum Gasteiger partial charge on any atom is -0.366 e. The fourth-order valence-corrected chi connectivity index (χ4v) is 21.8. The quantitative estimate of drug-likeness (QED) is 0.0607. The maximum atomic E-state index is 16.1. The zero-order valence-corrected chi connectivity index (χ0v) is 30.6. The minimum absolute atomic E-state index is 0.273. The number of halogens is 11. The number of hydrogen-bond acceptors (Lipinski definition) is 0. The summed E-state index contributed by atoms with van der Waals surface area (Å²) < 4.78 is 154. The van der Waals surface area contributed by atoms with Crippen LogP contribution < -0.4 is 21.5 Å². The number of hydrogen-bond donors (Lipinski definition) is 0. The monoisotopic (exact) mass is 746 g/mol. The third-order valence-electron chi connectivity index (χ3n) is 9.20. The van der Waals surface area contributed by atoms with Crippen LogP contribution in [0.3, 0.4) is 0 Å². The second kappa shape index (κ2) is 12.0. The van der Waals surface area contributed by atoms with E-state index in [0.717, 1.165) is 11.1 Å². The molecule has 14 heteroatoms. The average molecular weight is 747 g/mol. The Morgan fingerprint density at radius 2 is 0.714 bits per heavy atom. The highest BCUT2D eigenvalue weighted by atomic mass is 35.5. The maximum absolute atomic E-state index is 16.1. The van der Waals surface area contributed by atoms with Gasteiger partial charge in [-0.3, -0.25) is 0 Å². The topological polar surface area (TPSA) is 0 Å². The number of benzene rings is 4. The molecule has 4 aromatic rings. The van der Waals surface area contributed by atoms with Crippen LogP contribution in [0.15, 0.2) is 34.4 Å². The molecular weight excluding hydrogens is 716 g/mol. The molecule has 0 aliphatic carbocycles. The molecule has 0 unspecified atom stereocenters. The van der Waals surface area contributed by atoms with E-state index in [4.69, 9.17) is 11.5 Å². The lowest BCUT2D eigenvalue weighted by molar-refractivity contribution is 0.382. The summed E-state index contributed by atoms with van der Waals surface area (Å²) in [5.74, 6) is -25.3. The van der Waals surface area contributed by atoms with Gasteiger partial charge < -0.3 is 11.5 Å². The van der Waals surface area contributed by atoms with E-state index in [0.29, 0.717) is 37.8 Å². The highest BCUT2D eigenvalue weighted by Crippen LogP contribution is 2.89. The summed E-state index contributed by atoms with van der Waals surface area (Å²) in [6.07, 6.45) is 0. The third kappa shape index (κ3) is 5.14. The molecule has 0 N–H and O–H groups in total. The molecule has 0 saturated carbocycles. The van der Waals surface area contributed by atoms with Crippen molar-refractivity contribution in [2.24, 2.45) is 0 Å². The van der Waals surface area contributed by atoms with Gasteiger partial charge in [0.15, 0.2) is 34.9 Å². The molecule has 5 rings (SSSR count). The summed E-state index contributed by atoms with van der Waals surface area (Å²) in [7, 11) is -6.58. The molecule has 0 fully saturated rings. The molecule has 0 bridgehead atoms. The Balaban J connectivity index is 2.17. The molecule has 0 spiro atoms. The first-order chi connectivity index (χ1) is 22.5. The summed E-state index contributed by atoms with van der Waals surface area (Å²) in [5, 5.41) is 0.838. The summed E-state index contributed by atoms with van der Waals surface area (Å²) in [6, 6.07) is 7.22. The van der Waals surface area contributed by atoms with Gasteiger partial charge in [-0.2, -0.15) is 0 Å². The first-order valence-electron chi connectivity index (χ1n) is 15.2. The Morgan fingerprint density at radius 3 is 0.959 bits per heavy atom. The van der Waals surface area contributed by atoms with E-state index in [2.05, 4.69) is 0 Å². The molecule has 4 aromatic carbocycles.